The summed E-state index contributed by atoms with van der Waals surface area (Å²) in [7, 11) is 0. The van der Waals surface area contributed by atoms with E-state index >= 15 is 0 Å². The van der Waals surface area contributed by atoms with Crippen LogP contribution in [0.3, 0.4) is 0 Å². The Kier molecular flexibility index (Phi) is 6.60. The second-order valence-corrected chi connectivity index (χ2v) is 7.07. The minimum Gasteiger partial charge on any atom is -0.351 e. The van der Waals surface area contributed by atoms with Crippen LogP contribution in [-0.4, -0.2) is 24.4 Å². The van der Waals surface area contributed by atoms with Crippen molar-refractivity contribution >= 4 is 11.8 Å². The van der Waals surface area contributed by atoms with Crippen molar-refractivity contribution in [1.29, 1.82) is 0 Å². The molecule has 1 aliphatic carbocycles. The van der Waals surface area contributed by atoms with Crippen LogP contribution in [0, 0.1) is 0 Å². The van der Waals surface area contributed by atoms with Gasteiger partial charge in [-0.2, -0.15) is 0 Å². The van der Waals surface area contributed by atoms with E-state index in [1.54, 1.807) is 0 Å². The second-order valence-electron chi connectivity index (χ2n) is 7.07. The summed E-state index contributed by atoms with van der Waals surface area (Å²) in [5, 5.41) is 5.92. The van der Waals surface area contributed by atoms with Crippen molar-refractivity contribution in [2.75, 3.05) is 6.54 Å². The molecule has 0 aliphatic heterocycles. The van der Waals surface area contributed by atoms with E-state index in [9.17, 15) is 9.59 Å². The first-order valence-electron chi connectivity index (χ1n) is 9.63. The molecule has 2 aromatic carbocycles. The fourth-order valence-electron chi connectivity index (χ4n) is 3.46. The number of rotatable bonds is 6. The minimum absolute atomic E-state index is 0.00620. The molecule has 27 heavy (non-hydrogen) atoms. The van der Waals surface area contributed by atoms with Gasteiger partial charge in [0, 0.05) is 18.2 Å². The molecule has 2 aromatic rings. The number of hydrogen-bond donors (Lipinski definition) is 3. The van der Waals surface area contributed by atoms with E-state index in [0.717, 1.165) is 29.5 Å². The molecule has 0 radical (unpaired) electrons. The summed E-state index contributed by atoms with van der Waals surface area (Å²) >= 11 is 0. The zero-order valence-corrected chi connectivity index (χ0v) is 15.5. The highest BCUT2D eigenvalue weighted by Crippen LogP contribution is 2.22. The van der Waals surface area contributed by atoms with Gasteiger partial charge in [-0.3, -0.25) is 9.59 Å². The molecule has 0 bridgehead atoms. The van der Waals surface area contributed by atoms with Crippen LogP contribution in [0.2, 0.25) is 0 Å². The van der Waals surface area contributed by atoms with Crippen LogP contribution >= 0.6 is 0 Å². The Morgan fingerprint density at radius 3 is 2.41 bits per heavy atom. The maximum Gasteiger partial charge on any atom is 0.251 e. The van der Waals surface area contributed by atoms with Gasteiger partial charge in [0.2, 0.25) is 5.91 Å². The molecule has 0 spiro atoms. The van der Waals surface area contributed by atoms with Gasteiger partial charge in [-0.1, -0.05) is 49.6 Å². The highest BCUT2D eigenvalue weighted by molar-refractivity contribution is 5.94. The Morgan fingerprint density at radius 1 is 0.963 bits per heavy atom. The topological polar surface area (TPSA) is 84.2 Å². The van der Waals surface area contributed by atoms with E-state index < -0.39 is 0 Å². The first kappa shape index (κ1) is 19.1. The van der Waals surface area contributed by atoms with Crippen molar-refractivity contribution in [3.8, 4) is 11.1 Å². The van der Waals surface area contributed by atoms with Gasteiger partial charge in [0.1, 0.15) is 0 Å². The fraction of sp³-hybridized carbons (Fsp3) is 0.364. The van der Waals surface area contributed by atoms with E-state index in [2.05, 4.69) is 10.6 Å². The Balaban J connectivity index is 1.64. The van der Waals surface area contributed by atoms with Crippen molar-refractivity contribution in [3.05, 3.63) is 59.7 Å². The maximum atomic E-state index is 12.4. The summed E-state index contributed by atoms with van der Waals surface area (Å²) in [5.41, 5.74) is 9.10. The summed E-state index contributed by atoms with van der Waals surface area (Å²) in [6.07, 6.45) is 5.84. The molecule has 0 heterocycles. The van der Waals surface area contributed by atoms with Crippen molar-refractivity contribution in [3.63, 3.8) is 0 Å². The number of amides is 2. The van der Waals surface area contributed by atoms with Gasteiger partial charge in [0.15, 0.2) is 0 Å². The normalized spacial score (nSPS) is 14.6. The molecule has 5 heteroatoms. The lowest BCUT2D eigenvalue weighted by atomic mass is 9.95. The van der Waals surface area contributed by atoms with E-state index in [1.165, 1.54) is 19.3 Å². The van der Waals surface area contributed by atoms with Crippen molar-refractivity contribution in [2.24, 2.45) is 5.73 Å². The quantitative estimate of drug-likeness (QED) is 0.736. The van der Waals surface area contributed by atoms with E-state index in [0.29, 0.717) is 18.2 Å². The van der Waals surface area contributed by atoms with Crippen LogP contribution in [0.5, 0.6) is 0 Å². The van der Waals surface area contributed by atoms with Crippen LogP contribution in [-0.2, 0) is 11.3 Å². The van der Waals surface area contributed by atoms with Gasteiger partial charge >= 0.3 is 0 Å². The molecule has 0 aromatic heterocycles. The highest BCUT2D eigenvalue weighted by atomic mass is 16.2. The molecule has 0 unspecified atom stereocenters. The van der Waals surface area contributed by atoms with Gasteiger partial charge in [-0.25, -0.2) is 0 Å². The Hall–Kier alpha value is -2.66. The molecule has 5 nitrogen and oxygen atoms in total. The summed E-state index contributed by atoms with van der Waals surface area (Å²) in [6, 6.07) is 16.0. The van der Waals surface area contributed by atoms with Crippen LogP contribution in [0.15, 0.2) is 48.5 Å². The molecule has 1 fully saturated rings. The van der Waals surface area contributed by atoms with Crippen molar-refractivity contribution in [2.45, 2.75) is 44.7 Å². The Morgan fingerprint density at radius 2 is 1.70 bits per heavy atom. The number of benzene rings is 2. The van der Waals surface area contributed by atoms with Crippen molar-refractivity contribution in [1.82, 2.24) is 10.6 Å². The molecular weight excluding hydrogens is 338 g/mol. The van der Waals surface area contributed by atoms with Crippen LogP contribution in [0.1, 0.15) is 48.0 Å². The largest absolute Gasteiger partial charge is 0.351 e. The summed E-state index contributed by atoms with van der Waals surface area (Å²) < 4.78 is 0. The van der Waals surface area contributed by atoms with Crippen molar-refractivity contribution < 1.29 is 9.59 Å². The zero-order valence-electron chi connectivity index (χ0n) is 15.5. The zero-order chi connectivity index (χ0) is 19.1. The highest BCUT2D eigenvalue weighted by Gasteiger charge is 2.16. The molecule has 1 aliphatic rings. The number of carbonyl (C=O) groups excluding carboxylic acids is 2. The molecule has 1 saturated carbocycles. The van der Waals surface area contributed by atoms with Gasteiger partial charge < -0.3 is 16.4 Å². The molecule has 0 atom stereocenters. The molecule has 0 saturated heterocycles. The minimum atomic E-state index is -0.172. The maximum absolute atomic E-state index is 12.4. The molecule has 2 amide bonds. The van der Waals surface area contributed by atoms with Gasteiger partial charge in [-0.05, 0) is 47.7 Å². The third-order valence-electron chi connectivity index (χ3n) is 5.02. The van der Waals surface area contributed by atoms with Crippen LogP contribution in [0.25, 0.3) is 11.1 Å². The smallest absolute Gasteiger partial charge is 0.251 e. The number of nitrogens with two attached hydrogens (primary N) is 1. The Labute approximate surface area is 160 Å². The summed E-state index contributed by atoms with van der Waals surface area (Å²) in [5.74, 6) is -0.166. The molecule has 142 valence electrons. The lowest BCUT2D eigenvalue weighted by Gasteiger charge is -2.22. The Bertz CT molecular complexity index is 780. The average Bonchev–Trinajstić information content (AvgIpc) is 2.73. The lowest BCUT2D eigenvalue weighted by molar-refractivity contribution is -0.119. The number of carbonyl (C=O) groups is 2. The third-order valence-corrected chi connectivity index (χ3v) is 5.02. The SMILES string of the molecule is NCC(=O)NCc1cccc(-c2ccc(C(=O)NC3CCCCC3)cc2)c1. The lowest BCUT2D eigenvalue weighted by Crippen LogP contribution is -2.36. The van der Waals surface area contributed by atoms with Gasteiger partial charge in [-0.15, -0.1) is 0 Å². The molecule has 4 N–H and O–H groups in total. The standard InChI is InChI=1S/C22H27N3O2/c23-14-21(26)24-15-16-5-4-6-19(13-16)17-9-11-18(12-10-17)22(27)25-20-7-2-1-3-8-20/h4-6,9-13,20H,1-3,7-8,14-15,23H2,(H,24,26)(H,25,27). The van der Waals surface area contributed by atoms with Crippen LogP contribution in [0.4, 0.5) is 0 Å². The first-order chi connectivity index (χ1) is 13.2. The van der Waals surface area contributed by atoms with Gasteiger partial charge in [0.05, 0.1) is 6.54 Å². The monoisotopic (exact) mass is 365 g/mol. The number of nitrogens with one attached hydrogen (secondary N) is 2. The average molecular weight is 365 g/mol. The van der Waals surface area contributed by atoms with E-state index in [4.69, 9.17) is 5.73 Å². The van der Waals surface area contributed by atoms with E-state index in [1.807, 2.05) is 48.5 Å². The molecule has 3 rings (SSSR count). The van der Waals surface area contributed by atoms with Crippen LogP contribution < -0.4 is 16.4 Å². The van der Waals surface area contributed by atoms with E-state index in [-0.39, 0.29) is 18.4 Å². The molecular formula is C22H27N3O2. The second kappa shape index (κ2) is 9.33. The summed E-state index contributed by atoms with van der Waals surface area (Å²) in [6.45, 7) is 0.440. The predicted molar refractivity (Wildman–Crippen MR) is 107 cm³/mol. The fourth-order valence-corrected chi connectivity index (χ4v) is 3.46. The van der Waals surface area contributed by atoms with Gasteiger partial charge in [0.25, 0.3) is 5.91 Å². The third kappa shape index (κ3) is 5.41. The predicted octanol–water partition coefficient (Wildman–Crippen LogP) is 2.99. The first-order valence-corrected chi connectivity index (χ1v) is 9.63. The number of hydrogen-bond acceptors (Lipinski definition) is 3. The summed E-state index contributed by atoms with van der Waals surface area (Å²) in [4.78, 5) is 23.7.